The Kier molecular flexibility index (Phi) is 3.59. The van der Waals surface area contributed by atoms with Crippen LogP contribution in [0.3, 0.4) is 0 Å². The van der Waals surface area contributed by atoms with Crippen LogP contribution in [0.25, 0.3) is 0 Å². The highest BCUT2D eigenvalue weighted by molar-refractivity contribution is 5.69. The van der Waals surface area contributed by atoms with E-state index in [9.17, 15) is 4.79 Å². The van der Waals surface area contributed by atoms with Gasteiger partial charge in [0.25, 0.3) is 0 Å². The lowest BCUT2D eigenvalue weighted by atomic mass is 10.1. The second-order valence-corrected chi connectivity index (χ2v) is 4.67. The number of nitrogens with zero attached hydrogens (tertiary/aromatic N) is 2. The third-order valence-corrected chi connectivity index (χ3v) is 3.51. The molecule has 0 bridgehead atoms. The van der Waals surface area contributed by atoms with Crippen molar-refractivity contribution >= 4 is 5.97 Å². The van der Waals surface area contributed by atoms with Crippen LogP contribution in [-0.2, 0) is 4.79 Å². The summed E-state index contributed by atoms with van der Waals surface area (Å²) in [7, 11) is 0. The third-order valence-electron chi connectivity index (χ3n) is 3.51. The Morgan fingerprint density at radius 2 is 1.93 bits per heavy atom. The molecular formula is C11H20N2O2. The monoisotopic (exact) mass is 212 g/mol. The summed E-state index contributed by atoms with van der Waals surface area (Å²) in [5.41, 5.74) is 0. The molecular weight excluding hydrogens is 192 g/mol. The first-order valence-electron chi connectivity index (χ1n) is 5.94. The summed E-state index contributed by atoms with van der Waals surface area (Å²) in [6, 6.07) is 0.615. The fourth-order valence-electron chi connectivity index (χ4n) is 2.73. The Hall–Kier alpha value is -0.610. The average molecular weight is 212 g/mol. The SMILES string of the molecule is O=C(O)CN1CCC(N2CCCCC2)C1. The van der Waals surface area contributed by atoms with Gasteiger partial charge in [-0.05, 0) is 32.4 Å². The largest absolute Gasteiger partial charge is 0.480 e. The summed E-state index contributed by atoms with van der Waals surface area (Å²) in [5, 5.41) is 8.72. The standard InChI is InChI=1S/C11H20N2O2/c14-11(15)9-12-7-4-10(8-12)13-5-2-1-3-6-13/h10H,1-9H2,(H,14,15). The molecule has 2 aliphatic heterocycles. The number of piperidine rings is 1. The van der Waals surface area contributed by atoms with Gasteiger partial charge < -0.3 is 5.11 Å². The molecule has 4 heteroatoms. The van der Waals surface area contributed by atoms with Crippen molar-refractivity contribution in [3.8, 4) is 0 Å². The first kappa shape index (κ1) is 10.9. The molecule has 1 atom stereocenters. The summed E-state index contributed by atoms with van der Waals surface area (Å²) >= 11 is 0. The zero-order valence-electron chi connectivity index (χ0n) is 9.19. The lowest BCUT2D eigenvalue weighted by Gasteiger charge is -2.32. The van der Waals surface area contributed by atoms with Gasteiger partial charge in [-0.25, -0.2) is 0 Å². The zero-order valence-corrected chi connectivity index (χ0v) is 9.19. The number of carboxylic acids is 1. The zero-order chi connectivity index (χ0) is 10.7. The van der Waals surface area contributed by atoms with Crippen LogP contribution in [0.2, 0.25) is 0 Å². The van der Waals surface area contributed by atoms with Gasteiger partial charge in [0, 0.05) is 19.1 Å². The van der Waals surface area contributed by atoms with Crippen molar-refractivity contribution in [3.05, 3.63) is 0 Å². The van der Waals surface area contributed by atoms with Gasteiger partial charge in [0.1, 0.15) is 0 Å². The van der Waals surface area contributed by atoms with Gasteiger partial charge in [0.15, 0.2) is 0 Å². The number of aliphatic carboxylic acids is 1. The van der Waals surface area contributed by atoms with E-state index in [1.165, 1.54) is 32.4 Å². The maximum absolute atomic E-state index is 10.6. The van der Waals surface area contributed by atoms with Gasteiger partial charge in [0.2, 0.25) is 0 Å². The summed E-state index contributed by atoms with van der Waals surface area (Å²) in [4.78, 5) is 15.2. The molecule has 2 saturated heterocycles. The molecule has 1 unspecified atom stereocenters. The Labute approximate surface area is 90.9 Å². The molecule has 2 heterocycles. The molecule has 0 spiro atoms. The second-order valence-electron chi connectivity index (χ2n) is 4.67. The van der Waals surface area contributed by atoms with Crippen LogP contribution in [-0.4, -0.2) is 59.6 Å². The average Bonchev–Trinajstić information content (AvgIpc) is 2.67. The lowest BCUT2D eigenvalue weighted by molar-refractivity contribution is -0.138. The third kappa shape index (κ3) is 2.92. The van der Waals surface area contributed by atoms with Crippen molar-refractivity contribution in [2.24, 2.45) is 0 Å². The Morgan fingerprint density at radius 3 is 2.60 bits per heavy atom. The van der Waals surface area contributed by atoms with Crippen LogP contribution in [0.5, 0.6) is 0 Å². The molecule has 2 rings (SSSR count). The molecule has 1 N–H and O–H groups in total. The molecule has 0 aromatic heterocycles. The van der Waals surface area contributed by atoms with Crippen molar-refractivity contribution in [2.45, 2.75) is 31.7 Å². The second kappa shape index (κ2) is 4.94. The minimum absolute atomic E-state index is 0.213. The van der Waals surface area contributed by atoms with Crippen LogP contribution < -0.4 is 0 Å². The molecule has 2 fully saturated rings. The van der Waals surface area contributed by atoms with Crippen molar-refractivity contribution in [1.29, 1.82) is 0 Å². The van der Waals surface area contributed by atoms with E-state index in [0.717, 1.165) is 19.5 Å². The highest BCUT2D eigenvalue weighted by Gasteiger charge is 2.28. The predicted molar refractivity (Wildman–Crippen MR) is 57.9 cm³/mol. The predicted octanol–water partition coefficient (Wildman–Crippen LogP) is 0.631. The van der Waals surface area contributed by atoms with E-state index in [-0.39, 0.29) is 6.54 Å². The number of likely N-dealkylation sites (tertiary alicyclic amines) is 2. The molecule has 15 heavy (non-hydrogen) atoms. The van der Waals surface area contributed by atoms with Crippen molar-refractivity contribution < 1.29 is 9.90 Å². The van der Waals surface area contributed by atoms with Gasteiger partial charge in [0.05, 0.1) is 6.54 Å². The van der Waals surface area contributed by atoms with Crippen LogP contribution >= 0.6 is 0 Å². The van der Waals surface area contributed by atoms with Gasteiger partial charge in [-0.2, -0.15) is 0 Å². The fourth-order valence-corrected chi connectivity index (χ4v) is 2.73. The lowest BCUT2D eigenvalue weighted by Crippen LogP contribution is -2.41. The van der Waals surface area contributed by atoms with E-state index in [1.54, 1.807) is 0 Å². The number of carbonyl (C=O) groups is 1. The van der Waals surface area contributed by atoms with Crippen molar-refractivity contribution in [2.75, 3.05) is 32.7 Å². The first-order chi connectivity index (χ1) is 7.25. The molecule has 4 nitrogen and oxygen atoms in total. The van der Waals surface area contributed by atoms with E-state index in [4.69, 9.17) is 5.11 Å². The Balaban J connectivity index is 1.78. The molecule has 0 aromatic rings. The summed E-state index contributed by atoms with van der Waals surface area (Å²) in [6.07, 6.45) is 5.14. The van der Waals surface area contributed by atoms with Gasteiger partial charge >= 0.3 is 5.97 Å². The molecule has 0 aliphatic carbocycles. The molecule has 2 aliphatic rings. The smallest absolute Gasteiger partial charge is 0.317 e. The number of carboxylic acid groups (broad SMARTS) is 1. The number of hydrogen-bond acceptors (Lipinski definition) is 3. The molecule has 0 radical (unpaired) electrons. The minimum Gasteiger partial charge on any atom is -0.480 e. The molecule has 86 valence electrons. The summed E-state index contributed by atoms with van der Waals surface area (Å²) in [6.45, 7) is 4.54. The van der Waals surface area contributed by atoms with Crippen molar-refractivity contribution in [1.82, 2.24) is 9.80 Å². The first-order valence-corrected chi connectivity index (χ1v) is 5.94. The van der Waals surface area contributed by atoms with Gasteiger partial charge in [-0.15, -0.1) is 0 Å². The molecule has 0 amide bonds. The molecule has 0 aromatic carbocycles. The van der Waals surface area contributed by atoms with Crippen LogP contribution in [0, 0.1) is 0 Å². The normalized spacial score (nSPS) is 29.5. The van der Waals surface area contributed by atoms with E-state index in [2.05, 4.69) is 9.80 Å². The van der Waals surface area contributed by atoms with E-state index in [0.29, 0.717) is 6.04 Å². The fraction of sp³-hybridized carbons (Fsp3) is 0.909. The Bertz CT molecular complexity index is 227. The topological polar surface area (TPSA) is 43.8 Å². The molecule has 0 saturated carbocycles. The van der Waals surface area contributed by atoms with Gasteiger partial charge in [-0.3, -0.25) is 14.6 Å². The maximum atomic E-state index is 10.6. The highest BCUT2D eigenvalue weighted by atomic mass is 16.4. The van der Waals surface area contributed by atoms with Crippen molar-refractivity contribution in [3.63, 3.8) is 0 Å². The highest BCUT2D eigenvalue weighted by Crippen LogP contribution is 2.19. The quantitative estimate of drug-likeness (QED) is 0.745. The van der Waals surface area contributed by atoms with E-state index >= 15 is 0 Å². The Morgan fingerprint density at radius 1 is 1.20 bits per heavy atom. The number of hydrogen-bond donors (Lipinski definition) is 1. The van der Waals surface area contributed by atoms with Crippen LogP contribution in [0.15, 0.2) is 0 Å². The van der Waals surface area contributed by atoms with E-state index < -0.39 is 5.97 Å². The maximum Gasteiger partial charge on any atom is 0.317 e. The minimum atomic E-state index is -0.700. The van der Waals surface area contributed by atoms with Gasteiger partial charge in [-0.1, -0.05) is 6.42 Å². The van der Waals surface area contributed by atoms with Crippen LogP contribution in [0.4, 0.5) is 0 Å². The van der Waals surface area contributed by atoms with Crippen LogP contribution in [0.1, 0.15) is 25.7 Å². The summed E-state index contributed by atoms with van der Waals surface area (Å²) in [5.74, 6) is -0.700. The number of rotatable bonds is 3. The van der Waals surface area contributed by atoms with E-state index in [1.807, 2.05) is 0 Å². The summed E-state index contributed by atoms with van der Waals surface area (Å²) < 4.78 is 0.